The molecule has 2 aromatic rings. The highest BCUT2D eigenvalue weighted by Gasteiger charge is 2.18. The number of hydrogen-bond acceptors (Lipinski definition) is 7. The first-order chi connectivity index (χ1) is 14.4. The summed E-state index contributed by atoms with van der Waals surface area (Å²) in [6.07, 6.45) is 2.86. The predicted octanol–water partition coefficient (Wildman–Crippen LogP) is 2.41. The average molecular weight is 435 g/mol. The molecule has 0 aliphatic carbocycles. The fraction of sp³-hybridized carbons (Fsp3) is 0.368. The Hall–Kier alpha value is -2.95. The number of carbonyl (C=O) groups excluding carboxylic acids is 2. The summed E-state index contributed by atoms with van der Waals surface area (Å²) in [6, 6.07) is 2.51. The molecule has 1 aliphatic rings. The Morgan fingerprint density at radius 1 is 1.23 bits per heavy atom. The van der Waals surface area contributed by atoms with Crippen molar-refractivity contribution in [2.75, 3.05) is 42.3 Å². The number of benzene rings is 1. The van der Waals surface area contributed by atoms with E-state index in [4.69, 9.17) is 21.1 Å². The number of aromatic nitrogens is 2. The zero-order valence-electron chi connectivity index (χ0n) is 16.6. The number of amides is 3. The molecule has 0 bridgehead atoms. The Labute approximate surface area is 178 Å². The number of urea groups is 1. The van der Waals surface area contributed by atoms with Crippen molar-refractivity contribution in [3.05, 3.63) is 35.2 Å². The lowest BCUT2D eigenvalue weighted by atomic mass is 10.2. The van der Waals surface area contributed by atoms with Gasteiger partial charge in [-0.1, -0.05) is 11.6 Å². The minimum Gasteiger partial charge on any atom is -0.489 e. The number of anilines is 3. The Kier molecular flexibility index (Phi) is 7.39. The second-order valence-corrected chi connectivity index (χ2v) is 7.05. The van der Waals surface area contributed by atoms with E-state index in [2.05, 4.69) is 31.2 Å². The van der Waals surface area contributed by atoms with E-state index in [-0.39, 0.29) is 23.6 Å². The number of hydrogen-bond donors (Lipinski definition) is 4. The highest BCUT2D eigenvalue weighted by Crippen LogP contribution is 2.35. The average Bonchev–Trinajstić information content (AvgIpc) is 2.71. The molecular formula is C19H23ClN6O4. The lowest BCUT2D eigenvalue weighted by Crippen LogP contribution is -2.41. The predicted molar refractivity (Wildman–Crippen MR) is 113 cm³/mol. The highest BCUT2D eigenvalue weighted by molar-refractivity contribution is 6.34. The number of nitrogens with one attached hydrogen (secondary N) is 4. The summed E-state index contributed by atoms with van der Waals surface area (Å²) in [5, 5.41) is 11.4. The van der Waals surface area contributed by atoms with E-state index >= 15 is 0 Å². The lowest BCUT2D eigenvalue weighted by molar-refractivity contribution is -0.114. The molecule has 4 N–H and O–H groups in total. The van der Waals surface area contributed by atoms with Gasteiger partial charge in [-0.3, -0.25) is 15.1 Å². The molecule has 1 atom stereocenters. The van der Waals surface area contributed by atoms with Gasteiger partial charge >= 0.3 is 6.03 Å². The molecule has 30 heavy (non-hydrogen) atoms. The number of aryl methyl sites for hydroxylation is 1. The number of halogens is 1. The van der Waals surface area contributed by atoms with Crippen molar-refractivity contribution in [3.8, 4) is 5.75 Å². The molecule has 10 nitrogen and oxygen atoms in total. The van der Waals surface area contributed by atoms with Gasteiger partial charge in [-0.05, 0) is 13.0 Å². The van der Waals surface area contributed by atoms with Crippen LogP contribution in [0.1, 0.15) is 12.6 Å². The number of ether oxygens (including phenoxy) is 2. The van der Waals surface area contributed by atoms with Gasteiger partial charge in [-0.2, -0.15) is 0 Å². The van der Waals surface area contributed by atoms with Gasteiger partial charge < -0.3 is 25.4 Å². The fourth-order valence-corrected chi connectivity index (χ4v) is 2.90. The summed E-state index contributed by atoms with van der Waals surface area (Å²) in [6.45, 7) is 5.47. The number of carbonyl (C=O) groups is 2. The quantitative estimate of drug-likeness (QED) is 0.549. The fourth-order valence-electron chi connectivity index (χ4n) is 2.69. The summed E-state index contributed by atoms with van der Waals surface area (Å²) < 4.78 is 11.5. The van der Waals surface area contributed by atoms with Crippen LogP contribution in [0.15, 0.2) is 24.5 Å². The maximum atomic E-state index is 12.4. The van der Waals surface area contributed by atoms with Gasteiger partial charge in [-0.15, -0.1) is 0 Å². The van der Waals surface area contributed by atoms with E-state index < -0.39 is 6.03 Å². The second kappa shape index (κ2) is 10.2. The molecule has 1 fully saturated rings. The van der Waals surface area contributed by atoms with Crippen molar-refractivity contribution < 1.29 is 19.1 Å². The Balaban J connectivity index is 1.75. The minimum absolute atomic E-state index is 0.136. The van der Waals surface area contributed by atoms with Crippen molar-refractivity contribution >= 4 is 40.7 Å². The van der Waals surface area contributed by atoms with Crippen LogP contribution in [0.3, 0.4) is 0 Å². The molecular weight excluding hydrogens is 412 g/mol. The third-order valence-corrected chi connectivity index (χ3v) is 4.39. The van der Waals surface area contributed by atoms with Crippen molar-refractivity contribution in [1.29, 1.82) is 0 Å². The van der Waals surface area contributed by atoms with Crippen molar-refractivity contribution in [2.45, 2.75) is 20.0 Å². The van der Waals surface area contributed by atoms with Crippen LogP contribution in [0.4, 0.5) is 22.0 Å². The molecule has 1 aliphatic heterocycles. The van der Waals surface area contributed by atoms with Crippen LogP contribution in [-0.4, -0.2) is 54.3 Å². The smallest absolute Gasteiger partial charge is 0.325 e. The van der Waals surface area contributed by atoms with Gasteiger partial charge in [0.25, 0.3) is 0 Å². The molecule has 1 unspecified atom stereocenters. The molecule has 0 spiro atoms. The molecule has 0 radical (unpaired) electrons. The van der Waals surface area contributed by atoms with Gasteiger partial charge in [0.2, 0.25) is 5.91 Å². The second-order valence-electron chi connectivity index (χ2n) is 6.64. The van der Waals surface area contributed by atoms with E-state index in [9.17, 15) is 9.59 Å². The van der Waals surface area contributed by atoms with E-state index in [1.807, 2.05) is 0 Å². The normalized spacial score (nSPS) is 15.9. The number of morpholine rings is 1. The van der Waals surface area contributed by atoms with Crippen LogP contribution in [0, 0.1) is 6.92 Å². The van der Waals surface area contributed by atoms with Gasteiger partial charge in [0.1, 0.15) is 18.5 Å². The van der Waals surface area contributed by atoms with Gasteiger partial charge in [0.15, 0.2) is 5.82 Å². The van der Waals surface area contributed by atoms with Crippen molar-refractivity contribution in [2.24, 2.45) is 0 Å². The molecule has 1 aromatic carbocycles. The third-order valence-electron chi connectivity index (χ3n) is 4.08. The zero-order chi connectivity index (χ0) is 21.5. The largest absolute Gasteiger partial charge is 0.489 e. The van der Waals surface area contributed by atoms with Crippen LogP contribution >= 0.6 is 11.6 Å². The summed E-state index contributed by atoms with van der Waals surface area (Å²) >= 11 is 6.26. The minimum atomic E-state index is -0.545. The van der Waals surface area contributed by atoms with Gasteiger partial charge in [0.05, 0.1) is 41.1 Å². The van der Waals surface area contributed by atoms with Gasteiger partial charge in [-0.25, -0.2) is 9.78 Å². The number of rotatable bonds is 6. The van der Waals surface area contributed by atoms with E-state index in [0.29, 0.717) is 36.1 Å². The van der Waals surface area contributed by atoms with E-state index in [1.165, 1.54) is 19.2 Å². The van der Waals surface area contributed by atoms with Crippen LogP contribution < -0.4 is 26.0 Å². The molecule has 2 heterocycles. The summed E-state index contributed by atoms with van der Waals surface area (Å²) in [7, 11) is 0. The Bertz CT molecular complexity index is 903. The topological polar surface area (TPSA) is 126 Å². The first-order valence-corrected chi connectivity index (χ1v) is 9.71. The van der Waals surface area contributed by atoms with Crippen molar-refractivity contribution in [1.82, 2.24) is 15.3 Å². The zero-order valence-corrected chi connectivity index (χ0v) is 17.4. The molecule has 3 amide bonds. The monoisotopic (exact) mass is 434 g/mol. The Morgan fingerprint density at radius 2 is 2.07 bits per heavy atom. The first-order valence-electron chi connectivity index (χ1n) is 9.33. The maximum Gasteiger partial charge on any atom is 0.325 e. The lowest BCUT2D eigenvalue weighted by Gasteiger charge is -2.24. The standard InChI is InChI=1S/C19H23ClN6O4/c1-11-7-23-18(9-22-11)26-19(28)25-16-5-14(20)15(24-12(2)27)6-17(16)30-10-13-8-21-3-4-29-13/h5-7,9,13,21H,3-4,8,10H2,1-2H3,(H,24,27)(H2,23,25,26,28). The Morgan fingerprint density at radius 3 is 2.73 bits per heavy atom. The molecule has 0 saturated carbocycles. The molecule has 11 heteroatoms. The van der Waals surface area contributed by atoms with E-state index in [1.54, 1.807) is 19.2 Å². The van der Waals surface area contributed by atoms with Crippen molar-refractivity contribution in [3.63, 3.8) is 0 Å². The van der Waals surface area contributed by atoms with Gasteiger partial charge in [0, 0.05) is 26.1 Å². The summed E-state index contributed by atoms with van der Waals surface area (Å²) in [5.41, 5.74) is 1.43. The first kappa shape index (κ1) is 21.8. The number of nitrogens with zero attached hydrogens (tertiary/aromatic N) is 2. The van der Waals surface area contributed by atoms with Crippen LogP contribution in [0.2, 0.25) is 5.02 Å². The van der Waals surface area contributed by atoms with E-state index in [0.717, 1.165) is 12.2 Å². The van der Waals surface area contributed by atoms with Crippen LogP contribution in [0.5, 0.6) is 5.75 Å². The summed E-state index contributed by atoms with van der Waals surface area (Å²) in [4.78, 5) is 32.0. The maximum absolute atomic E-state index is 12.4. The van der Waals surface area contributed by atoms with Crippen LogP contribution in [-0.2, 0) is 9.53 Å². The molecule has 1 aromatic heterocycles. The molecule has 3 rings (SSSR count). The third kappa shape index (κ3) is 6.28. The molecule has 1 saturated heterocycles. The summed E-state index contributed by atoms with van der Waals surface area (Å²) in [5.74, 6) is 0.352. The SMILES string of the molecule is CC(=O)Nc1cc(OCC2CNCCO2)c(NC(=O)Nc2cnc(C)cn2)cc1Cl. The highest BCUT2D eigenvalue weighted by atomic mass is 35.5. The van der Waals surface area contributed by atoms with Crippen LogP contribution in [0.25, 0.3) is 0 Å². The molecule has 160 valence electrons.